The van der Waals surface area contributed by atoms with Gasteiger partial charge in [-0.05, 0) is 60.2 Å². The Bertz CT molecular complexity index is 1160. The molecule has 0 aliphatic heterocycles. The van der Waals surface area contributed by atoms with E-state index in [9.17, 15) is 4.79 Å². The van der Waals surface area contributed by atoms with Gasteiger partial charge < -0.3 is 19.5 Å². The zero-order chi connectivity index (χ0) is 23.8. The number of rotatable bonds is 7. The van der Waals surface area contributed by atoms with Gasteiger partial charge in [0, 0.05) is 16.7 Å². The van der Waals surface area contributed by atoms with Crippen molar-refractivity contribution in [2.75, 3.05) is 19.5 Å². The van der Waals surface area contributed by atoms with Crippen LogP contribution >= 0.6 is 35.4 Å². The predicted molar refractivity (Wildman–Crippen MR) is 134 cm³/mol. The number of hydrogen-bond acceptors (Lipinski definition) is 5. The molecule has 3 N–H and O–H groups in total. The lowest BCUT2D eigenvalue weighted by Crippen LogP contribution is -2.43. The molecule has 0 spiro atoms. The third kappa shape index (κ3) is 6.89. The van der Waals surface area contributed by atoms with Crippen molar-refractivity contribution < 1.29 is 19.0 Å². The SMILES string of the molecule is COc1ccc(NC(=S)NNC(=O)c2cccc(COc3ccc(Cl)cc3Cl)c2)c(OC)c1. The Morgan fingerprint density at radius 3 is 2.48 bits per heavy atom. The highest BCUT2D eigenvalue weighted by atomic mass is 35.5. The standard InChI is InChI=1S/C23H21Cl2N3O4S/c1-30-17-7-8-19(21(12-17)31-2)26-23(33)28-27-22(29)15-5-3-4-14(10-15)13-32-20-9-6-16(24)11-18(20)25/h3-12H,13H2,1-2H3,(H,27,29)(H2,26,28,33). The predicted octanol–water partition coefficient (Wildman–Crippen LogP) is 5.22. The average molecular weight is 506 g/mol. The molecule has 0 bridgehead atoms. The molecule has 3 aromatic carbocycles. The molecule has 7 nitrogen and oxygen atoms in total. The van der Waals surface area contributed by atoms with Crippen LogP contribution in [-0.4, -0.2) is 25.2 Å². The fourth-order valence-electron chi connectivity index (χ4n) is 2.80. The lowest BCUT2D eigenvalue weighted by atomic mass is 10.1. The van der Waals surface area contributed by atoms with Crippen LogP contribution < -0.4 is 30.4 Å². The number of halogens is 2. The second-order valence-electron chi connectivity index (χ2n) is 6.66. The van der Waals surface area contributed by atoms with Crippen LogP contribution in [0.15, 0.2) is 60.7 Å². The van der Waals surface area contributed by atoms with Crippen LogP contribution in [0.2, 0.25) is 10.0 Å². The van der Waals surface area contributed by atoms with E-state index in [4.69, 9.17) is 49.6 Å². The number of benzene rings is 3. The van der Waals surface area contributed by atoms with E-state index in [0.29, 0.717) is 38.5 Å². The summed E-state index contributed by atoms with van der Waals surface area (Å²) in [5, 5.41) is 4.08. The molecule has 0 aromatic heterocycles. The number of ether oxygens (including phenoxy) is 3. The summed E-state index contributed by atoms with van der Waals surface area (Å²) in [6.45, 7) is 0.229. The van der Waals surface area contributed by atoms with E-state index in [1.54, 1.807) is 61.7 Å². The number of amides is 1. The van der Waals surface area contributed by atoms with E-state index in [1.165, 1.54) is 7.11 Å². The molecule has 0 saturated carbocycles. The van der Waals surface area contributed by atoms with Crippen molar-refractivity contribution in [3.05, 3.63) is 81.8 Å². The normalized spacial score (nSPS) is 10.2. The van der Waals surface area contributed by atoms with Crippen molar-refractivity contribution >= 4 is 52.1 Å². The Kier molecular flexibility index (Phi) is 8.59. The Morgan fingerprint density at radius 1 is 0.939 bits per heavy atom. The molecule has 172 valence electrons. The van der Waals surface area contributed by atoms with Gasteiger partial charge in [-0.3, -0.25) is 15.6 Å². The van der Waals surface area contributed by atoms with Crippen molar-refractivity contribution in [2.24, 2.45) is 0 Å². The number of carbonyl (C=O) groups excluding carboxylic acids is 1. The van der Waals surface area contributed by atoms with Gasteiger partial charge in [0.1, 0.15) is 23.9 Å². The molecule has 0 saturated heterocycles. The van der Waals surface area contributed by atoms with Gasteiger partial charge in [0.25, 0.3) is 5.91 Å². The number of methoxy groups -OCH3 is 2. The summed E-state index contributed by atoms with van der Waals surface area (Å²) in [6, 6.07) is 17.2. The molecule has 3 rings (SSSR count). The summed E-state index contributed by atoms with van der Waals surface area (Å²) in [6.07, 6.45) is 0. The van der Waals surface area contributed by atoms with Crippen LogP contribution in [0.5, 0.6) is 17.2 Å². The van der Waals surface area contributed by atoms with Crippen LogP contribution in [0.3, 0.4) is 0 Å². The van der Waals surface area contributed by atoms with Gasteiger partial charge in [0.2, 0.25) is 0 Å². The summed E-state index contributed by atoms with van der Waals surface area (Å²) in [5.74, 6) is 1.32. The molecule has 0 unspecified atom stereocenters. The van der Waals surface area contributed by atoms with Crippen LogP contribution in [0.25, 0.3) is 0 Å². The van der Waals surface area contributed by atoms with Gasteiger partial charge in [-0.2, -0.15) is 0 Å². The molecule has 0 aliphatic rings. The highest BCUT2D eigenvalue weighted by molar-refractivity contribution is 7.80. The summed E-state index contributed by atoms with van der Waals surface area (Å²) >= 11 is 17.3. The number of hydrazine groups is 1. The highest BCUT2D eigenvalue weighted by Gasteiger charge is 2.10. The smallest absolute Gasteiger partial charge is 0.269 e. The molecule has 33 heavy (non-hydrogen) atoms. The lowest BCUT2D eigenvalue weighted by Gasteiger charge is -2.15. The van der Waals surface area contributed by atoms with E-state index in [-0.39, 0.29) is 17.6 Å². The first-order valence-electron chi connectivity index (χ1n) is 9.65. The van der Waals surface area contributed by atoms with Gasteiger partial charge in [-0.25, -0.2) is 0 Å². The fraction of sp³-hybridized carbons (Fsp3) is 0.130. The number of nitrogens with one attached hydrogen (secondary N) is 3. The van der Waals surface area contributed by atoms with E-state index in [2.05, 4.69) is 16.2 Å². The first-order chi connectivity index (χ1) is 15.9. The largest absolute Gasteiger partial charge is 0.497 e. The zero-order valence-corrected chi connectivity index (χ0v) is 20.1. The molecule has 10 heteroatoms. The monoisotopic (exact) mass is 505 g/mol. The number of carbonyl (C=O) groups is 1. The molecule has 3 aromatic rings. The van der Waals surface area contributed by atoms with Crippen molar-refractivity contribution in [2.45, 2.75) is 6.61 Å². The molecule has 0 heterocycles. The fourth-order valence-corrected chi connectivity index (χ4v) is 3.42. The van der Waals surface area contributed by atoms with Crippen molar-refractivity contribution in [3.8, 4) is 17.2 Å². The van der Waals surface area contributed by atoms with Crippen molar-refractivity contribution in [1.29, 1.82) is 0 Å². The van der Waals surface area contributed by atoms with Crippen LogP contribution in [-0.2, 0) is 6.61 Å². The Morgan fingerprint density at radius 2 is 1.76 bits per heavy atom. The van der Waals surface area contributed by atoms with Gasteiger partial charge in [0.15, 0.2) is 5.11 Å². The minimum atomic E-state index is -0.368. The third-order valence-corrected chi connectivity index (χ3v) is 5.16. The van der Waals surface area contributed by atoms with Crippen LogP contribution in [0.4, 0.5) is 5.69 Å². The summed E-state index contributed by atoms with van der Waals surface area (Å²) < 4.78 is 16.2. The van der Waals surface area contributed by atoms with Gasteiger partial charge >= 0.3 is 0 Å². The number of thiocarbonyl (C=S) groups is 1. The van der Waals surface area contributed by atoms with Crippen molar-refractivity contribution in [1.82, 2.24) is 10.9 Å². The number of hydrogen-bond donors (Lipinski definition) is 3. The van der Waals surface area contributed by atoms with E-state index in [1.807, 2.05) is 6.07 Å². The van der Waals surface area contributed by atoms with E-state index in [0.717, 1.165) is 5.56 Å². The third-order valence-electron chi connectivity index (χ3n) is 4.42. The van der Waals surface area contributed by atoms with E-state index >= 15 is 0 Å². The summed E-state index contributed by atoms with van der Waals surface area (Å²) in [5.41, 5.74) is 7.06. The minimum Gasteiger partial charge on any atom is -0.497 e. The maximum Gasteiger partial charge on any atom is 0.269 e. The molecular weight excluding hydrogens is 485 g/mol. The second-order valence-corrected chi connectivity index (χ2v) is 7.92. The summed E-state index contributed by atoms with van der Waals surface area (Å²) in [4.78, 5) is 12.5. The topological polar surface area (TPSA) is 80.9 Å². The van der Waals surface area contributed by atoms with Crippen LogP contribution in [0.1, 0.15) is 15.9 Å². The molecule has 0 aliphatic carbocycles. The molecule has 0 fully saturated rings. The van der Waals surface area contributed by atoms with Gasteiger partial charge in [0.05, 0.1) is 24.9 Å². The van der Waals surface area contributed by atoms with E-state index < -0.39 is 0 Å². The molecule has 0 radical (unpaired) electrons. The zero-order valence-electron chi connectivity index (χ0n) is 17.8. The Balaban J connectivity index is 1.55. The lowest BCUT2D eigenvalue weighted by molar-refractivity contribution is 0.0944. The Hall–Kier alpha value is -3.20. The molecule has 1 amide bonds. The first-order valence-corrected chi connectivity index (χ1v) is 10.8. The average Bonchev–Trinajstić information content (AvgIpc) is 2.82. The summed E-state index contributed by atoms with van der Waals surface area (Å²) in [7, 11) is 3.10. The minimum absolute atomic E-state index is 0.184. The second kappa shape index (κ2) is 11.6. The van der Waals surface area contributed by atoms with Gasteiger partial charge in [-0.15, -0.1) is 0 Å². The highest BCUT2D eigenvalue weighted by Crippen LogP contribution is 2.29. The molecule has 0 atom stereocenters. The number of anilines is 1. The first kappa shape index (κ1) is 24.4. The Labute approximate surface area is 206 Å². The molecular formula is C23H21Cl2N3O4S. The van der Waals surface area contributed by atoms with Crippen LogP contribution in [0, 0.1) is 0 Å². The van der Waals surface area contributed by atoms with Gasteiger partial charge in [-0.1, -0.05) is 35.3 Å². The van der Waals surface area contributed by atoms with Crippen molar-refractivity contribution in [3.63, 3.8) is 0 Å². The maximum absolute atomic E-state index is 12.5. The maximum atomic E-state index is 12.5. The quantitative estimate of drug-likeness (QED) is 0.300.